The van der Waals surface area contributed by atoms with Crippen LogP contribution in [-0.4, -0.2) is 28.6 Å². The van der Waals surface area contributed by atoms with Crippen LogP contribution in [0.5, 0.6) is 0 Å². The van der Waals surface area contributed by atoms with Crippen molar-refractivity contribution in [3.8, 4) is 0 Å². The van der Waals surface area contributed by atoms with E-state index in [-0.39, 0.29) is 0 Å². The molecule has 0 bridgehead atoms. The highest BCUT2D eigenvalue weighted by molar-refractivity contribution is 14.1. The largest absolute Gasteiger partial charge is 0.539 e. The molecule has 1 rings (SSSR count). The van der Waals surface area contributed by atoms with Gasteiger partial charge in [0.15, 0.2) is 0 Å². The SMILES string of the molecule is CCO[Si](OCC)(OCC)c1c(I)cccc1I. The zero-order valence-corrected chi connectivity index (χ0v) is 16.1. The van der Waals surface area contributed by atoms with Gasteiger partial charge >= 0.3 is 8.80 Å². The normalized spacial score (nSPS) is 11.8. The van der Waals surface area contributed by atoms with Crippen LogP contribution in [0.15, 0.2) is 18.2 Å². The van der Waals surface area contributed by atoms with E-state index < -0.39 is 8.80 Å². The molecule has 0 spiro atoms. The molecule has 0 amide bonds. The van der Waals surface area contributed by atoms with Crippen LogP contribution in [0.4, 0.5) is 0 Å². The third-order valence-corrected chi connectivity index (χ3v) is 8.24. The molecule has 0 N–H and O–H groups in total. The van der Waals surface area contributed by atoms with Gasteiger partial charge in [0.05, 0.1) is 0 Å². The molecule has 102 valence electrons. The molecule has 1 aromatic rings. The average Bonchev–Trinajstić information content (AvgIpc) is 2.29. The van der Waals surface area contributed by atoms with Gasteiger partial charge in [0.25, 0.3) is 0 Å². The van der Waals surface area contributed by atoms with Crippen molar-refractivity contribution in [3.63, 3.8) is 0 Å². The smallest absolute Gasteiger partial charge is 0.370 e. The van der Waals surface area contributed by atoms with Crippen LogP contribution < -0.4 is 5.19 Å². The number of rotatable bonds is 7. The molecule has 18 heavy (non-hydrogen) atoms. The topological polar surface area (TPSA) is 27.7 Å². The fourth-order valence-electron chi connectivity index (χ4n) is 1.70. The number of halogens is 2. The van der Waals surface area contributed by atoms with Crippen molar-refractivity contribution in [1.82, 2.24) is 0 Å². The van der Waals surface area contributed by atoms with Crippen molar-refractivity contribution < 1.29 is 13.3 Å². The van der Waals surface area contributed by atoms with Crippen LogP contribution in [0.2, 0.25) is 0 Å². The van der Waals surface area contributed by atoms with Gasteiger partial charge in [-0.05, 0) is 78.1 Å². The first-order valence-corrected chi connectivity index (χ1v) is 9.85. The number of hydrogen-bond acceptors (Lipinski definition) is 3. The summed E-state index contributed by atoms with van der Waals surface area (Å²) in [6.45, 7) is 7.70. The van der Waals surface area contributed by atoms with Gasteiger partial charge in [0, 0.05) is 32.1 Å². The van der Waals surface area contributed by atoms with E-state index in [1.165, 1.54) is 0 Å². The lowest BCUT2D eigenvalue weighted by molar-refractivity contribution is 0.0856. The molecule has 0 heterocycles. The lowest BCUT2D eigenvalue weighted by atomic mass is 10.4. The molecule has 0 unspecified atom stereocenters. The molecule has 0 aliphatic rings. The maximum atomic E-state index is 5.94. The molecule has 0 radical (unpaired) electrons. The summed E-state index contributed by atoms with van der Waals surface area (Å²) in [6.07, 6.45) is 0. The lowest BCUT2D eigenvalue weighted by Gasteiger charge is -2.30. The highest BCUT2D eigenvalue weighted by Crippen LogP contribution is 2.19. The third-order valence-electron chi connectivity index (χ3n) is 2.27. The Hall–Kier alpha value is 0.777. The fraction of sp³-hybridized carbons (Fsp3) is 0.500. The Morgan fingerprint density at radius 2 is 1.28 bits per heavy atom. The van der Waals surface area contributed by atoms with Gasteiger partial charge in [-0.2, -0.15) is 0 Å². The van der Waals surface area contributed by atoms with Crippen LogP contribution in [0.3, 0.4) is 0 Å². The van der Waals surface area contributed by atoms with E-state index in [9.17, 15) is 0 Å². The molecule has 6 heteroatoms. The van der Waals surface area contributed by atoms with E-state index >= 15 is 0 Å². The zero-order valence-electron chi connectivity index (χ0n) is 10.8. The lowest BCUT2D eigenvalue weighted by Crippen LogP contribution is -2.59. The second kappa shape index (κ2) is 8.15. The molecule has 0 saturated heterocycles. The van der Waals surface area contributed by atoms with Crippen molar-refractivity contribution in [2.24, 2.45) is 0 Å². The third kappa shape index (κ3) is 3.89. The Kier molecular flexibility index (Phi) is 7.62. The van der Waals surface area contributed by atoms with E-state index in [2.05, 4.69) is 57.3 Å². The molecule has 3 nitrogen and oxygen atoms in total. The summed E-state index contributed by atoms with van der Waals surface area (Å²) in [7, 11) is -2.78. The van der Waals surface area contributed by atoms with Crippen molar-refractivity contribution >= 4 is 59.2 Å². The summed E-state index contributed by atoms with van der Waals surface area (Å²) >= 11 is 4.64. The first-order valence-electron chi connectivity index (χ1n) is 5.97. The summed E-state index contributed by atoms with van der Waals surface area (Å²) < 4.78 is 20.1. The van der Waals surface area contributed by atoms with Crippen molar-refractivity contribution in [2.45, 2.75) is 20.8 Å². The summed E-state index contributed by atoms with van der Waals surface area (Å²) in [5.41, 5.74) is 0. The molecule has 0 aromatic heterocycles. The summed E-state index contributed by atoms with van der Waals surface area (Å²) in [5.74, 6) is 0. The molecular formula is C12H18I2O3Si. The van der Waals surface area contributed by atoms with Crippen molar-refractivity contribution in [1.29, 1.82) is 0 Å². The Bertz CT molecular complexity index is 350. The minimum atomic E-state index is -2.78. The minimum absolute atomic E-state index is 0.591. The summed E-state index contributed by atoms with van der Waals surface area (Å²) in [5, 5.41) is 1.09. The highest BCUT2D eigenvalue weighted by atomic mass is 127. The van der Waals surface area contributed by atoms with E-state index in [1.54, 1.807) is 0 Å². The molecule has 0 aliphatic heterocycles. The molecule has 0 saturated carbocycles. The molecule has 0 aliphatic carbocycles. The van der Waals surface area contributed by atoms with Gasteiger partial charge in [-0.25, -0.2) is 0 Å². The highest BCUT2D eigenvalue weighted by Gasteiger charge is 2.46. The monoisotopic (exact) mass is 492 g/mol. The van der Waals surface area contributed by atoms with Gasteiger partial charge in [-0.15, -0.1) is 0 Å². The maximum Gasteiger partial charge on any atom is 0.539 e. The van der Waals surface area contributed by atoms with E-state index in [4.69, 9.17) is 13.3 Å². The predicted octanol–water partition coefficient (Wildman–Crippen LogP) is 3.15. The fourth-order valence-corrected chi connectivity index (χ4v) is 7.77. The molecule has 1 aromatic carbocycles. The summed E-state index contributed by atoms with van der Waals surface area (Å²) in [6, 6.07) is 6.17. The van der Waals surface area contributed by atoms with E-state index in [0.29, 0.717) is 19.8 Å². The standard InChI is InChI=1S/C12H18I2O3Si/c1-4-15-18(16-5-2,17-6-3)12-10(13)8-7-9-11(12)14/h7-9H,4-6H2,1-3H3. The molecule has 0 atom stereocenters. The second-order valence-electron chi connectivity index (χ2n) is 3.45. The van der Waals surface area contributed by atoms with E-state index in [0.717, 1.165) is 12.3 Å². The van der Waals surface area contributed by atoms with Gasteiger partial charge in [-0.1, -0.05) is 6.07 Å². The first-order chi connectivity index (χ1) is 8.61. The van der Waals surface area contributed by atoms with Gasteiger partial charge < -0.3 is 13.3 Å². The Morgan fingerprint density at radius 1 is 0.889 bits per heavy atom. The van der Waals surface area contributed by atoms with E-state index in [1.807, 2.05) is 26.8 Å². The Morgan fingerprint density at radius 3 is 1.61 bits per heavy atom. The summed E-state index contributed by atoms with van der Waals surface area (Å²) in [4.78, 5) is 0. The van der Waals surface area contributed by atoms with Crippen LogP contribution in [0.1, 0.15) is 20.8 Å². The maximum absolute atomic E-state index is 5.94. The van der Waals surface area contributed by atoms with Crippen molar-refractivity contribution in [3.05, 3.63) is 25.3 Å². The number of hydrogen-bond donors (Lipinski definition) is 0. The number of benzene rings is 1. The zero-order chi connectivity index (χ0) is 13.6. The average molecular weight is 492 g/mol. The van der Waals surface area contributed by atoms with Crippen LogP contribution in [0.25, 0.3) is 0 Å². The Labute approximate surface area is 137 Å². The minimum Gasteiger partial charge on any atom is -0.370 e. The van der Waals surface area contributed by atoms with Crippen molar-refractivity contribution in [2.75, 3.05) is 19.8 Å². The molecule has 0 fully saturated rings. The Balaban J connectivity index is 3.30. The first kappa shape index (κ1) is 16.8. The quantitative estimate of drug-likeness (QED) is 0.433. The second-order valence-corrected chi connectivity index (χ2v) is 8.25. The van der Waals surface area contributed by atoms with Gasteiger partial charge in [0.2, 0.25) is 0 Å². The van der Waals surface area contributed by atoms with Crippen LogP contribution in [-0.2, 0) is 13.3 Å². The van der Waals surface area contributed by atoms with Crippen LogP contribution >= 0.6 is 45.2 Å². The van der Waals surface area contributed by atoms with Gasteiger partial charge in [0.1, 0.15) is 0 Å². The van der Waals surface area contributed by atoms with Gasteiger partial charge in [-0.3, -0.25) is 0 Å². The van der Waals surface area contributed by atoms with Crippen LogP contribution in [0, 0.1) is 7.14 Å². The predicted molar refractivity (Wildman–Crippen MR) is 92.1 cm³/mol. The molecular weight excluding hydrogens is 474 g/mol.